The van der Waals surface area contributed by atoms with Crippen molar-refractivity contribution >= 4 is 0 Å². The molecule has 2 heterocycles. The highest BCUT2D eigenvalue weighted by Crippen LogP contribution is 1.86. The predicted octanol–water partition coefficient (Wildman–Crippen LogP) is 4.83. The van der Waals surface area contributed by atoms with Gasteiger partial charge in [0.25, 0.3) is 0 Å². The molecule has 0 amide bonds. The first-order chi connectivity index (χ1) is 8.79. The van der Waals surface area contributed by atoms with Crippen molar-refractivity contribution < 1.29 is 0 Å². The second-order valence-electron chi connectivity index (χ2n) is 2.94. The summed E-state index contributed by atoms with van der Waals surface area (Å²) in [7, 11) is 0. The van der Waals surface area contributed by atoms with Crippen molar-refractivity contribution in [3.05, 3.63) is 60.2 Å². The van der Waals surface area contributed by atoms with Gasteiger partial charge in [-0.05, 0) is 38.1 Å². The van der Waals surface area contributed by atoms with Crippen LogP contribution in [0.5, 0.6) is 0 Å². The van der Waals surface area contributed by atoms with Crippen LogP contribution in [-0.4, -0.2) is 9.97 Å². The van der Waals surface area contributed by atoms with E-state index in [0.29, 0.717) is 0 Å². The van der Waals surface area contributed by atoms with E-state index in [-0.39, 0.29) is 0 Å². The van der Waals surface area contributed by atoms with Crippen LogP contribution in [0.1, 0.15) is 39.1 Å². The molecule has 0 spiro atoms. The number of aromatic nitrogens is 2. The normalized spacial score (nSPS) is 7.44. The summed E-state index contributed by atoms with van der Waals surface area (Å²) < 4.78 is 0. The van der Waals surface area contributed by atoms with E-state index in [1.807, 2.05) is 77.9 Å². The van der Waals surface area contributed by atoms with Crippen LogP contribution < -0.4 is 0 Å². The Bertz CT molecular complexity index is 306. The lowest BCUT2D eigenvalue weighted by Crippen LogP contribution is -1.72. The maximum Gasteiger partial charge on any atom is 0.0372 e. The van der Waals surface area contributed by atoms with Gasteiger partial charge < -0.3 is 0 Å². The predicted molar refractivity (Wildman–Crippen MR) is 80.6 cm³/mol. The fraction of sp³-hybridized carbons (Fsp3) is 0.375. The lowest BCUT2D eigenvalue weighted by atomic mass is 10.4. The van der Waals surface area contributed by atoms with Crippen LogP contribution in [0.15, 0.2) is 48.8 Å². The van der Waals surface area contributed by atoms with Crippen molar-refractivity contribution in [2.45, 2.75) is 41.5 Å². The van der Waals surface area contributed by atoms with Gasteiger partial charge in [-0.3, -0.25) is 9.97 Å². The summed E-state index contributed by atoms with van der Waals surface area (Å²) in [5.41, 5.74) is 2.14. The largest absolute Gasteiger partial charge is 0.262 e. The minimum absolute atomic E-state index is 1.07. The number of aryl methyl sites for hydroxylation is 2. The summed E-state index contributed by atoms with van der Waals surface area (Å²) in [4.78, 5) is 7.96. The molecule has 0 unspecified atom stereocenters. The molecule has 0 bridgehead atoms. The molecule has 0 aliphatic carbocycles. The molecule has 0 atom stereocenters. The first kappa shape index (κ1) is 18.7. The van der Waals surface area contributed by atoms with E-state index >= 15 is 0 Å². The average molecular weight is 246 g/mol. The molecule has 0 saturated heterocycles. The second-order valence-corrected chi connectivity index (χ2v) is 2.94. The van der Waals surface area contributed by atoms with E-state index in [9.17, 15) is 0 Å². The summed E-state index contributed by atoms with van der Waals surface area (Å²) >= 11 is 0. The first-order valence-corrected chi connectivity index (χ1v) is 6.54. The summed E-state index contributed by atoms with van der Waals surface area (Å²) in [6, 6.07) is 11.7. The molecule has 0 aromatic carbocycles. The Morgan fingerprint density at radius 3 is 1.06 bits per heavy atom. The number of rotatable bonds is 0. The van der Waals surface area contributed by atoms with Crippen molar-refractivity contribution in [2.75, 3.05) is 0 Å². The molecule has 2 aromatic heterocycles. The number of pyridine rings is 2. The SMILES string of the molecule is CC.CC.Cc1ccccn1.Cc1ccccn1. The molecule has 0 radical (unpaired) electrons. The zero-order valence-electron chi connectivity index (χ0n) is 12.5. The molecule has 100 valence electrons. The van der Waals surface area contributed by atoms with E-state index in [1.54, 1.807) is 12.4 Å². The van der Waals surface area contributed by atoms with Crippen LogP contribution in [0.4, 0.5) is 0 Å². The number of hydrogen-bond acceptors (Lipinski definition) is 2. The fourth-order valence-electron chi connectivity index (χ4n) is 0.896. The number of nitrogens with zero attached hydrogens (tertiary/aromatic N) is 2. The van der Waals surface area contributed by atoms with E-state index in [1.165, 1.54) is 0 Å². The number of hydrogen-bond donors (Lipinski definition) is 0. The highest BCUT2D eigenvalue weighted by atomic mass is 14.6. The highest BCUT2D eigenvalue weighted by molar-refractivity contribution is 5.00. The van der Waals surface area contributed by atoms with Gasteiger partial charge in [0.1, 0.15) is 0 Å². The Morgan fingerprint density at radius 1 is 0.611 bits per heavy atom. The van der Waals surface area contributed by atoms with Gasteiger partial charge >= 0.3 is 0 Å². The van der Waals surface area contributed by atoms with Crippen LogP contribution in [0.25, 0.3) is 0 Å². The van der Waals surface area contributed by atoms with Gasteiger partial charge in [0.05, 0.1) is 0 Å². The van der Waals surface area contributed by atoms with E-state index in [2.05, 4.69) is 9.97 Å². The summed E-state index contributed by atoms with van der Waals surface area (Å²) in [5, 5.41) is 0. The lowest BCUT2D eigenvalue weighted by molar-refractivity contribution is 1.20. The van der Waals surface area contributed by atoms with E-state index in [0.717, 1.165) is 11.4 Å². The van der Waals surface area contributed by atoms with Gasteiger partial charge in [-0.15, -0.1) is 0 Å². The zero-order valence-corrected chi connectivity index (χ0v) is 12.5. The van der Waals surface area contributed by atoms with E-state index in [4.69, 9.17) is 0 Å². The lowest BCUT2D eigenvalue weighted by Gasteiger charge is -1.82. The molecule has 2 aromatic rings. The molecule has 0 aliphatic heterocycles. The Labute approximate surface area is 112 Å². The molecule has 0 N–H and O–H groups in total. The third kappa shape index (κ3) is 12.4. The van der Waals surface area contributed by atoms with Crippen molar-refractivity contribution in [1.29, 1.82) is 0 Å². The standard InChI is InChI=1S/2C6H7N.2C2H6/c2*1-6-4-2-3-5-7-6;2*1-2/h2*2-5H,1H3;2*1-2H3. The molecular weight excluding hydrogens is 220 g/mol. The van der Waals surface area contributed by atoms with Crippen molar-refractivity contribution in [3.8, 4) is 0 Å². The molecule has 0 fully saturated rings. The Balaban J connectivity index is 0. The Kier molecular flexibility index (Phi) is 15.9. The average Bonchev–Trinajstić information content (AvgIpc) is 2.46. The van der Waals surface area contributed by atoms with Gasteiger partial charge in [0.2, 0.25) is 0 Å². The third-order valence-corrected chi connectivity index (χ3v) is 1.63. The first-order valence-electron chi connectivity index (χ1n) is 6.54. The van der Waals surface area contributed by atoms with Gasteiger partial charge in [0.15, 0.2) is 0 Å². The molecule has 2 heteroatoms. The molecule has 0 aliphatic rings. The monoisotopic (exact) mass is 246 g/mol. The summed E-state index contributed by atoms with van der Waals surface area (Å²) in [6.45, 7) is 11.9. The van der Waals surface area contributed by atoms with Crippen molar-refractivity contribution in [2.24, 2.45) is 0 Å². The molecule has 0 saturated carbocycles. The van der Waals surface area contributed by atoms with Crippen LogP contribution in [-0.2, 0) is 0 Å². The maximum atomic E-state index is 3.98. The Hall–Kier alpha value is -1.70. The quantitative estimate of drug-likeness (QED) is 0.665. The molecular formula is C16H26N2. The topological polar surface area (TPSA) is 25.8 Å². The fourth-order valence-corrected chi connectivity index (χ4v) is 0.896. The van der Waals surface area contributed by atoms with Crippen LogP contribution >= 0.6 is 0 Å². The van der Waals surface area contributed by atoms with Gasteiger partial charge in [-0.25, -0.2) is 0 Å². The second kappa shape index (κ2) is 15.3. The highest BCUT2D eigenvalue weighted by Gasteiger charge is 1.74. The van der Waals surface area contributed by atoms with Crippen LogP contribution in [0.3, 0.4) is 0 Å². The van der Waals surface area contributed by atoms with Crippen LogP contribution in [0, 0.1) is 13.8 Å². The van der Waals surface area contributed by atoms with Gasteiger partial charge in [0, 0.05) is 23.8 Å². The molecule has 2 nitrogen and oxygen atoms in total. The molecule has 18 heavy (non-hydrogen) atoms. The van der Waals surface area contributed by atoms with Crippen molar-refractivity contribution in [3.63, 3.8) is 0 Å². The van der Waals surface area contributed by atoms with E-state index < -0.39 is 0 Å². The minimum atomic E-state index is 1.07. The van der Waals surface area contributed by atoms with Gasteiger partial charge in [-0.1, -0.05) is 39.8 Å². The van der Waals surface area contributed by atoms with Crippen molar-refractivity contribution in [1.82, 2.24) is 9.97 Å². The summed E-state index contributed by atoms with van der Waals surface area (Å²) in [6.07, 6.45) is 3.57. The summed E-state index contributed by atoms with van der Waals surface area (Å²) in [5.74, 6) is 0. The maximum absolute atomic E-state index is 3.98. The smallest absolute Gasteiger partial charge is 0.0372 e. The molecule has 2 rings (SSSR count). The van der Waals surface area contributed by atoms with Gasteiger partial charge in [-0.2, -0.15) is 0 Å². The third-order valence-electron chi connectivity index (χ3n) is 1.63. The minimum Gasteiger partial charge on any atom is -0.262 e. The Morgan fingerprint density at radius 2 is 0.944 bits per heavy atom. The van der Waals surface area contributed by atoms with Crippen LogP contribution in [0.2, 0.25) is 0 Å². The zero-order chi connectivity index (χ0) is 14.2.